The molecule has 1 heterocycles. The topological polar surface area (TPSA) is 34.9 Å². The molecule has 5 heteroatoms. The van der Waals surface area contributed by atoms with Crippen molar-refractivity contribution in [3.8, 4) is 0 Å². The van der Waals surface area contributed by atoms with Crippen molar-refractivity contribution < 1.29 is 13.6 Å². The number of aromatic nitrogens is 2. The third-order valence-electron chi connectivity index (χ3n) is 1.39. The van der Waals surface area contributed by atoms with E-state index in [-0.39, 0.29) is 11.5 Å². The molecule has 0 spiro atoms. The summed E-state index contributed by atoms with van der Waals surface area (Å²) in [6, 6.07) is 1.42. The fraction of sp³-hybridized carbons (Fsp3) is 0.429. The van der Waals surface area contributed by atoms with Gasteiger partial charge in [0.15, 0.2) is 5.78 Å². The number of alkyl halides is 2. The van der Waals surface area contributed by atoms with Gasteiger partial charge in [0.25, 0.3) is 6.43 Å². The van der Waals surface area contributed by atoms with E-state index in [2.05, 4.69) is 5.10 Å². The number of rotatable bonds is 3. The van der Waals surface area contributed by atoms with E-state index >= 15 is 0 Å². The van der Waals surface area contributed by atoms with Crippen molar-refractivity contribution in [2.24, 2.45) is 0 Å². The van der Waals surface area contributed by atoms with E-state index in [0.717, 1.165) is 4.68 Å². The van der Waals surface area contributed by atoms with Gasteiger partial charge in [-0.3, -0.25) is 9.48 Å². The number of carbonyl (C=O) groups excluding carboxylic acids is 1. The summed E-state index contributed by atoms with van der Waals surface area (Å²) >= 11 is 0. The molecule has 0 aliphatic rings. The lowest BCUT2D eigenvalue weighted by Crippen LogP contribution is -2.13. The van der Waals surface area contributed by atoms with Crippen LogP contribution in [0, 0.1) is 0 Å². The molecule has 3 nitrogen and oxygen atoms in total. The van der Waals surface area contributed by atoms with Gasteiger partial charge in [-0.1, -0.05) is 0 Å². The van der Waals surface area contributed by atoms with Crippen LogP contribution in [0.4, 0.5) is 8.78 Å². The van der Waals surface area contributed by atoms with Crippen molar-refractivity contribution in [3.05, 3.63) is 18.0 Å². The lowest BCUT2D eigenvalue weighted by atomic mass is 10.3. The highest BCUT2D eigenvalue weighted by molar-refractivity contribution is 5.92. The number of ketones is 1. The van der Waals surface area contributed by atoms with E-state index < -0.39 is 13.0 Å². The average molecular weight is 174 g/mol. The number of hydrogen-bond donors (Lipinski definition) is 0. The van der Waals surface area contributed by atoms with E-state index in [4.69, 9.17) is 0 Å². The van der Waals surface area contributed by atoms with Crippen molar-refractivity contribution in [1.82, 2.24) is 9.78 Å². The molecular weight excluding hydrogens is 166 g/mol. The van der Waals surface area contributed by atoms with Gasteiger partial charge in [0, 0.05) is 13.1 Å². The van der Waals surface area contributed by atoms with Gasteiger partial charge in [-0.2, -0.15) is 5.10 Å². The number of hydrogen-bond acceptors (Lipinski definition) is 2. The van der Waals surface area contributed by atoms with Crippen LogP contribution in [0.2, 0.25) is 0 Å². The number of carbonyl (C=O) groups is 1. The fourth-order valence-corrected chi connectivity index (χ4v) is 0.908. The van der Waals surface area contributed by atoms with Crippen LogP contribution in [-0.4, -0.2) is 22.0 Å². The summed E-state index contributed by atoms with van der Waals surface area (Å²) < 4.78 is 24.7. The molecule has 0 bridgehead atoms. The molecule has 66 valence electrons. The zero-order chi connectivity index (χ0) is 9.14. The second kappa shape index (κ2) is 3.42. The molecular formula is C7H8F2N2O. The summed E-state index contributed by atoms with van der Waals surface area (Å²) in [6.45, 7) is 0.793. The summed E-state index contributed by atoms with van der Waals surface area (Å²) in [5, 5.41) is 3.59. The van der Waals surface area contributed by atoms with Gasteiger partial charge >= 0.3 is 0 Å². The summed E-state index contributed by atoms with van der Waals surface area (Å²) in [5.74, 6) is -0.256. The third kappa shape index (κ3) is 1.87. The Morgan fingerprint density at radius 3 is 2.92 bits per heavy atom. The predicted octanol–water partition coefficient (Wildman–Crippen LogP) is 1.35. The SMILES string of the molecule is CC(=O)c1ccnn1CC(F)F. The van der Waals surface area contributed by atoms with E-state index in [1.54, 1.807) is 0 Å². The minimum Gasteiger partial charge on any atom is -0.293 e. The fourth-order valence-electron chi connectivity index (χ4n) is 0.908. The Morgan fingerprint density at radius 1 is 1.75 bits per heavy atom. The lowest BCUT2D eigenvalue weighted by molar-refractivity contribution is 0.0980. The van der Waals surface area contributed by atoms with Crippen molar-refractivity contribution >= 4 is 5.78 Å². The summed E-state index contributed by atoms with van der Waals surface area (Å²) in [6.07, 6.45) is -1.15. The Kier molecular flexibility index (Phi) is 2.52. The lowest BCUT2D eigenvalue weighted by Gasteiger charge is -2.02. The molecule has 0 N–H and O–H groups in total. The molecule has 12 heavy (non-hydrogen) atoms. The molecule has 0 fully saturated rings. The second-order valence-electron chi connectivity index (χ2n) is 2.35. The molecule has 1 aromatic rings. The monoisotopic (exact) mass is 174 g/mol. The number of Topliss-reactive ketones (excluding diaryl/α,β-unsaturated/α-hetero) is 1. The zero-order valence-corrected chi connectivity index (χ0v) is 6.50. The predicted molar refractivity (Wildman–Crippen MR) is 38.2 cm³/mol. The normalized spacial score (nSPS) is 10.7. The summed E-state index contributed by atoms with van der Waals surface area (Å²) in [7, 11) is 0. The standard InChI is InChI=1S/C7H8F2N2O/c1-5(12)6-2-3-10-11(6)4-7(8)9/h2-3,7H,4H2,1H3. The maximum absolute atomic E-state index is 11.9. The molecule has 0 aromatic carbocycles. The van der Waals surface area contributed by atoms with Gasteiger partial charge in [0.2, 0.25) is 0 Å². The van der Waals surface area contributed by atoms with Crippen LogP contribution >= 0.6 is 0 Å². The first-order chi connectivity index (χ1) is 5.61. The largest absolute Gasteiger partial charge is 0.293 e. The second-order valence-corrected chi connectivity index (χ2v) is 2.35. The minimum absolute atomic E-state index is 0.218. The third-order valence-corrected chi connectivity index (χ3v) is 1.39. The molecule has 0 aliphatic heterocycles. The van der Waals surface area contributed by atoms with Crippen molar-refractivity contribution in [2.75, 3.05) is 0 Å². The molecule has 0 atom stereocenters. The van der Waals surface area contributed by atoms with Gasteiger partial charge < -0.3 is 0 Å². The van der Waals surface area contributed by atoms with Crippen molar-refractivity contribution in [3.63, 3.8) is 0 Å². The van der Waals surface area contributed by atoms with E-state index in [1.807, 2.05) is 0 Å². The minimum atomic E-state index is -2.48. The number of nitrogens with zero attached hydrogens (tertiary/aromatic N) is 2. The van der Waals surface area contributed by atoms with Gasteiger partial charge in [0.05, 0.1) is 0 Å². The van der Waals surface area contributed by atoms with E-state index in [1.165, 1.54) is 19.2 Å². The van der Waals surface area contributed by atoms with Crippen LogP contribution in [0.25, 0.3) is 0 Å². The van der Waals surface area contributed by atoms with Gasteiger partial charge in [-0.15, -0.1) is 0 Å². The summed E-state index contributed by atoms with van der Waals surface area (Å²) in [5.41, 5.74) is 0.218. The molecule has 0 amide bonds. The van der Waals surface area contributed by atoms with E-state index in [0.29, 0.717) is 0 Å². The van der Waals surface area contributed by atoms with Crippen LogP contribution < -0.4 is 0 Å². The van der Waals surface area contributed by atoms with Crippen LogP contribution in [0.1, 0.15) is 17.4 Å². The molecule has 1 rings (SSSR count). The Morgan fingerprint density at radius 2 is 2.42 bits per heavy atom. The smallest absolute Gasteiger partial charge is 0.257 e. The van der Waals surface area contributed by atoms with Crippen LogP contribution in [-0.2, 0) is 6.54 Å². The number of halogens is 2. The maximum atomic E-state index is 11.9. The van der Waals surface area contributed by atoms with Gasteiger partial charge in [-0.05, 0) is 6.07 Å². The first-order valence-electron chi connectivity index (χ1n) is 3.42. The Hall–Kier alpha value is -1.26. The molecule has 0 saturated heterocycles. The average Bonchev–Trinajstić information content (AvgIpc) is 2.33. The molecule has 0 unspecified atom stereocenters. The Balaban J connectivity index is 2.84. The van der Waals surface area contributed by atoms with Crippen LogP contribution in [0.5, 0.6) is 0 Å². The highest BCUT2D eigenvalue weighted by atomic mass is 19.3. The van der Waals surface area contributed by atoms with E-state index in [9.17, 15) is 13.6 Å². The van der Waals surface area contributed by atoms with Crippen LogP contribution in [0.3, 0.4) is 0 Å². The zero-order valence-electron chi connectivity index (χ0n) is 6.50. The highest BCUT2D eigenvalue weighted by Crippen LogP contribution is 2.03. The maximum Gasteiger partial charge on any atom is 0.257 e. The molecule has 0 radical (unpaired) electrons. The van der Waals surface area contributed by atoms with Crippen molar-refractivity contribution in [2.45, 2.75) is 19.9 Å². The molecule has 1 aromatic heterocycles. The summed E-state index contributed by atoms with van der Waals surface area (Å²) in [4.78, 5) is 10.8. The van der Waals surface area contributed by atoms with Gasteiger partial charge in [0.1, 0.15) is 12.2 Å². The van der Waals surface area contributed by atoms with Crippen molar-refractivity contribution in [1.29, 1.82) is 0 Å². The molecule has 0 aliphatic carbocycles. The molecule has 0 saturated carbocycles. The Bertz CT molecular complexity index is 283. The quantitative estimate of drug-likeness (QED) is 0.648. The highest BCUT2D eigenvalue weighted by Gasteiger charge is 2.11. The first-order valence-corrected chi connectivity index (χ1v) is 3.42. The first kappa shape index (κ1) is 8.83. The van der Waals surface area contributed by atoms with Crippen LogP contribution in [0.15, 0.2) is 12.3 Å². The Labute approximate surface area is 68.0 Å². The van der Waals surface area contributed by atoms with Gasteiger partial charge in [-0.25, -0.2) is 8.78 Å².